The summed E-state index contributed by atoms with van der Waals surface area (Å²) < 4.78 is 5.00. The van der Waals surface area contributed by atoms with Gasteiger partial charge in [-0.3, -0.25) is 4.79 Å². The van der Waals surface area contributed by atoms with Gasteiger partial charge in [0.2, 0.25) is 5.88 Å². The highest BCUT2D eigenvalue weighted by atomic mass is 16.5. The first kappa shape index (κ1) is 13.5. The molecule has 0 radical (unpaired) electrons. The molecule has 0 aliphatic carbocycles. The standard InChI is InChI=1S/C14H12N4O2/c1-9-11(5-6-13(17-9)20-2)18-14(19)12-4-3-10(7-15)8-16-12/h3-6,8H,1-2H3,(H,18,19). The zero-order chi connectivity index (χ0) is 14.5. The molecule has 0 atom stereocenters. The predicted octanol–water partition coefficient (Wildman–Crippen LogP) is 1.92. The van der Waals surface area contributed by atoms with Gasteiger partial charge < -0.3 is 10.1 Å². The summed E-state index contributed by atoms with van der Waals surface area (Å²) in [6.45, 7) is 1.77. The number of amides is 1. The molecule has 2 aromatic rings. The lowest BCUT2D eigenvalue weighted by atomic mass is 10.2. The Bertz CT molecular complexity index is 675. The van der Waals surface area contributed by atoms with Gasteiger partial charge in [-0.15, -0.1) is 0 Å². The number of methoxy groups -OCH3 is 1. The number of aromatic nitrogens is 2. The quantitative estimate of drug-likeness (QED) is 0.918. The number of nitrogens with zero attached hydrogens (tertiary/aromatic N) is 3. The van der Waals surface area contributed by atoms with Crippen molar-refractivity contribution in [2.75, 3.05) is 12.4 Å². The summed E-state index contributed by atoms with van der Waals surface area (Å²) in [5.41, 5.74) is 1.87. The van der Waals surface area contributed by atoms with E-state index in [-0.39, 0.29) is 11.6 Å². The molecule has 6 nitrogen and oxygen atoms in total. The van der Waals surface area contributed by atoms with Crippen LogP contribution in [0.25, 0.3) is 0 Å². The van der Waals surface area contributed by atoms with E-state index < -0.39 is 0 Å². The van der Waals surface area contributed by atoms with Crippen LogP contribution in [0, 0.1) is 18.3 Å². The summed E-state index contributed by atoms with van der Waals surface area (Å²) >= 11 is 0. The van der Waals surface area contributed by atoms with Crippen molar-refractivity contribution >= 4 is 11.6 Å². The Morgan fingerprint density at radius 2 is 2.15 bits per heavy atom. The molecule has 0 unspecified atom stereocenters. The maximum absolute atomic E-state index is 12.0. The summed E-state index contributed by atoms with van der Waals surface area (Å²) in [4.78, 5) is 20.1. The SMILES string of the molecule is COc1ccc(NC(=O)c2ccc(C#N)cn2)c(C)n1. The highest BCUT2D eigenvalue weighted by Gasteiger charge is 2.10. The van der Waals surface area contributed by atoms with Gasteiger partial charge in [0, 0.05) is 12.3 Å². The third-order valence-electron chi connectivity index (χ3n) is 2.64. The Morgan fingerprint density at radius 3 is 2.70 bits per heavy atom. The third kappa shape index (κ3) is 2.90. The van der Waals surface area contributed by atoms with E-state index in [4.69, 9.17) is 10.00 Å². The number of anilines is 1. The second-order valence-corrected chi connectivity index (χ2v) is 3.98. The van der Waals surface area contributed by atoms with Crippen LogP contribution in [0.3, 0.4) is 0 Å². The van der Waals surface area contributed by atoms with Crippen LogP contribution in [-0.4, -0.2) is 23.0 Å². The van der Waals surface area contributed by atoms with Gasteiger partial charge >= 0.3 is 0 Å². The van der Waals surface area contributed by atoms with Crippen molar-refractivity contribution in [3.8, 4) is 11.9 Å². The highest BCUT2D eigenvalue weighted by Crippen LogP contribution is 2.17. The number of carbonyl (C=O) groups excluding carboxylic acids is 1. The van der Waals surface area contributed by atoms with Gasteiger partial charge in [0.1, 0.15) is 11.8 Å². The van der Waals surface area contributed by atoms with E-state index in [0.29, 0.717) is 22.8 Å². The Labute approximate surface area is 116 Å². The number of carbonyl (C=O) groups is 1. The summed E-state index contributed by atoms with van der Waals surface area (Å²) in [6.07, 6.45) is 1.36. The fourth-order valence-corrected chi connectivity index (χ4v) is 1.56. The van der Waals surface area contributed by atoms with Gasteiger partial charge in [0.15, 0.2) is 0 Å². The summed E-state index contributed by atoms with van der Waals surface area (Å²) in [7, 11) is 1.53. The molecule has 0 spiro atoms. The molecule has 1 amide bonds. The Hall–Kier alpha value is -2.94. The van der Waals surface area contributed by atoms with Crippen molar-refractivity contribution < 1.29 is 9.53 Å². The molecule has 6 heteroatoms. The maximum Gasteiger partial charge on any atom is 0.274 e. The lowest BCUT2D eigenvalue weighted by molar-refractivity contribution is 0.102. The van der Waals surface area contributed by atoms with E-state index in [2.05, 4.69) is 15.3 Å². The molecule has 1 N–H and O–H groups in total. The van der Waals surface area contributed by atoms with Crippen LogP contribution in [0.1, 0.15) is 21.7 Å². The van der Waals surface area contributed by atoms with Gasteiger partial charge in [-0.2, -0.15) is 5.26 Å². The van der Waals surface area contributed by atoms with Crippen LogP contribution in [-0.2, 0) is 0 Å². The average molecular weight is 268 g/mol. The highest BCUT2D eigenvalue weighted by molar-refractivity contribution is 6.03. The van der Waals surface area contributed by atoms with Crippen LogP contribution >= 0.6 is 0 Å². The molecule has 0 fully saturated rings. The van der Waals surface area contributed by atoms with Crippen LogP contribution in [0.5, 0.6) is 5.88 Å². The van der Waals surface area contributed by atoms with Crippen molar-refractivity contribution in [3.63, 3.8) is 0 Å². The summed E-state index contributed by atoms with van der Waals surface area (Å²) in [5, 5.41) is 11.4. The number of pyridine rings is 2. The lowest BCUT2D eigenvalue weighted by Gasteiger charge is -2.08. The topological polar surface area (TPSA) is 87.9 Å². The van der Waals surface area contributed by atoms with Crippen molar-refractivity contribution in [1.82, 2.24) is 9.97 Å². The number of ether oxygens (including phenoxy) is 1. The second-order valence-electron chi connectivity index (χ2n) is 3.98. The first-order chi connectivity index (χ1) is 9.63. The third-order valence-corrected chi connectivity index (χ3v) is 2.64. The molecule has 2 aromatic heterocycles. The van der Waals surface area contributed by atoms with Crippen molar-refractivity contribution in [2.24, 2.45) is 0 Å². The molecule has 0 saturated carbocycles. The van der Waals surface area contributed by atoms with E-state index in [1.165, 1.54) is 19.4 Å². The number of rotatable bonds is 3. The minimum Gasteiger partial charge on any atom is -0.481 e. The first-order valence-corrected chi connectivity index (χ1v) is 5.83. The summed E-state index contributed by atoms with van der Waals surface area (Å²) in [5.74, 6) is 0.126. The van der Waals surface area contributed by atoms with Gasteiger partial charge in [-0.25, -0.2) is 9.97 Å². The van der Waals surface area contributed by atoms with Crippen molar-refractivity contribution in [3.05, 3.63) is 47.4 Å². The minimum atomic E-state index is -0.357. The van der Waals surface area contributed by atoms with E-state index in [1.54, 1.807) is 25.1 Å². The van der Waals surface area contributed by atoms with Gasteiger partial charge in [-0.1, -0.05) is 0 Å². The molecular weight excluding hydrogens is 256 g/mol. The predicted molar refractivity (Wildman–Crippen MR) is 72.4 cm³/mol. The Kier molecular flexibility index (Phi) is 3.91. The van der Waals surface area contributed by atoms with Gasteiger partial charge in [-0.05, 0) is 25.1 Å². The molecule has 0 aliphatic rings. The smallest absolute Gasteiger partial charge is 0.274 e. The molecule has 0 saturated heterocycles. The lowest BCUT2D eigenvalue weighted by Crippen LogP contribution is -2.14. The number of hydrogen-bond donors (Lipinski definition) is 1. The van der Waals surface area contributed by atoms with Crippen molar-refractivity contribution in [1.29, 1.82) is 5.26 Å². The van der Waals surface area contributed by atoms with Gasteiger partial charge in [0.05, 0.1) is 24.1 Å². The second kappa shape index (κ2) is 5.80. The van der Waals surface area contributed by atoms with E-state index in [0.717, 1.165) is 0 Å². The van der Waals surface area contributed by atoms with E-state index in [9.17, 15) is 4.79 Å². The van der Waals surface area contributed by atoms with Crippen LogP contribution in [0.15, 0.2) is 30.5 Å². The van der Waals surface area contributed by atoms with Crippen LogP contribution in [0.2, 0.25) is 0 Å². The van der Waals surface area contributed by atoms with Crippen LogP contribution in [0.4, 0.5) is 5.69 Å². The average Bonchev–Trinajstić information content (AvgIpc) is 2.49. The molecule has 0 aliphatic heterocycles. The molecule has 2 rings (SSSR count). The summed E-state index contributed by atoms with van der Waals surface area (Å²) in [6, 6.07) is 8.36. The molecular formula is C14H12N4O2. The molecule has 100 valence electrons. The van der Waals surface area contributed by atoms with E-state index >= 15 is 0 Å². The molecule has 20 heavy (non-hydrogen) atoms. The Morgan fingerprint density at radius 1 is 1.35 bits per heavy atom. The normalized spacial score (nSPS) is 9.65. The molecule has 0 bridgehead atoms. The number of nitriles is 1. The van der Waals surface area contributed by atoms with Crippen LogP contribution < -0.4 is 10.1 Å². The largest absolute Gasteiger partial charge is 0.481 e. The first-order valence-electron chi connectivity index (χ1n) is 5.83. The monoisotopic (exact) mass is 268 g/mol. The van der Waals surface area contributed by atoms with Crippen molar-refractivity contribution in [2.45, 2.75) is 6.92 Å². The number of aryl methyl sites for hydroxylation is 1. The number of hydrogen-bond acceptors (Lipinski definition) is 5. The van der Waals surface area contributed by atoms with E-state index in [1.807, 2.05) is 6.07 Å². The zero-order valence-electron chi connectivity index (χ0n) is 11.0. The number of nitrogens with one attached hydrogen (secondary N) is 1. The van der Waals surface area contributed by atoms with Gasteiger partial charge in [0.25, 0.3) is 5.91 Å². The fraction of sp³-hybridized carbons (Fsp3) is 0.143. The Balaban J connectivity index is 2.17. The minimum absolute atomic E-state index is 0.235. The molecule has 0 aromatic carbocycles. The molecule has 2 heterocycles. The zero-order valence-corrected chi connectivity index (χ0v) is 11.0. The maximum atomic E-state index is 12.0. The fourth-order valence-electron chi connectivity index (χ4n) is 1.56.